The molecule has 5 nitrogen and oxygen atoms in total. The molecule has 0 fully saturated rings. The summed E-state index contributed by atoms with van der Waals surface area (Å²) in [6.45, 7) is 11.2. The van der Waals surface area contributed by atoms with Gasteiger partial charge in [-0.05, 0) is 44.0 Å². The van der Waals surface area contributed by atoms with Gasteiger partial charge in [-0.2, -0.15) is 0 Å². The van der Waals surface area contributed by atoms with Crippen LogP contribution in [0.1, 0.15) is 34.6 Å². The summed E-state index contributed by atoms with van der Waals surface area (Å²) in [5.74, 6) is 0.344. The number of hydrogen-bond acceptors (Lipinski definition) is 5. The van der Waals surface area contributed by atoms with Crippen molar-refractivity contribution in [1.82, 2.24) is 14.9 Å². The number of carbonyl (C=O) groups excluding carboxylic acids is 1. The van der Waals surface area contributed by atoms with Crippen molar-refractivity contribution in [3.05, 3.63) is 64.6 Å². The molecule has 0 aliphatic rings. The number of carbonyl (C=O) groups is 1. The number of rotatable bonds is 7. The SMILES string of the molecule is C=C(C)CN(CC)C(=O)c1sc2ncnc(NCc3cccc(F)c3)c2c1C. The Kier molecular flexibility index (Phi) is 6.04. The lowest BCUT2D eigenvalue weighted by atomic mass is 10.1. The lowest BCUT2D eigenvalue weighted by molar-refractivity contribution is 0.0782. The minimum absolute atomic E-state index is 0.0259. The third-order valence-electron chi connectivity index (χ3n) is 4.40. The third kappa shape index (κ3) is 4.20. The van der Waals surface area contributed by atoms with Gasteiger partial charge in [0.2, 0.25) is 0 Å². The minimum atomic E-state index is -0.274. The molecule has 1 aromatic carbocycles. The number of fused-ring (bicyclic) bond motifs is 1. The Bertz CT molecular complexity index is 1030. The van der Waals surface area contributed by atoms with Gasteiger partial charge in [0, 0.05) is 19.6 Å². The standard InChI is InChI=1S/C21H23FN4OS/c1-5-26(11-13(2)3)21(27)18-14(4)17-19(24-12-25-20(17)28-18)23-10-15-7-6-8-16(22)9-15/h6-9,12H,2,5,10-11H2,1,3-4H3,(H,23,24,25). The van der Waals surface area contributed by atoms with Crippen LogP contribution in [0, 0.1) is 12.7 Å². The summed E-state index contributed by atoms with van der Waals surface area (Å²) in [6.07, 6.45) is 1.48. The van der Waals surface area contributed by atoms with Gasteiger partial charge in [0.15, 0.2) is 0 Å². The Morgan fingerprint density at radius 2 is 2.14 bits per heavy atom. The molecule has 0 saturated heterocycles. The van der Waals surface area contributed by atoms with Crippen LogP contribution in [0.3, 0.4) is 0 Å². The number of hydrogen-bond donors (Lipinski definition) is 1. The quantitative estimate of drug-likeness (QED) is 0.582. The highest BCUT2D eigenvalue weighted by Gasteiger charge is 2.23. The van der Waals surface area contributed by atoms with Crippen LogP contribution in [0.5, 0.6) is 0 Å². The van der Waals surface area contributed by atoms with E-state index < -0.39 is 0 Å². The van der Waals surface area contributed by atoms with Crippen LogP contribution >= 0.6 is 11.3 Å². The zero-order valence-electron chi connectivity index (χ0n) is 16.3. The van der Waals surface area contributed by atoms with Crippen molar-refractivity contribution >= 4 is 33.3 Å². The molecule has 2 heterocycles. The second-order valence-corrected chi connectivity index (χ2v) is 7.72. The Balaban J connectivity index is 1.92. The molecule has 2 aromatic heterocycles. The van der Waals surface area contributed by atoms with Crippen molar-refractivity contribution < 1.29 is 9.18 Å². The number of amides is 1. The van der Waals surface area contributed by atoms with Gasteiger partial charge in [-0.15, -0.1) is 11.3 Å². The molecule has 0 atom stereocenters. The highest BCUT2D eigenvalue weighted by Crippen LogP contribution is 2.34. The van der Waals surface area contributed by atoms with E-state index in [2.05, 4.69) is 21.9 Å². The molecular weight excluding hydrogens is 375 g/mol. The summed E-state index contributed by atoms with van der Waals surface area (Å²) in [6, 6.07) is 6.42. The molecule has 0 saturated carbocycles. The molecule has 0 unspecified atom stereocenters. The smallest absolute Gasteiger partial charge is 0.264 e. The van der Waals surface area contributed by atoms with E-state index in [1.807, 2.05) is 26.8 Å². The molecule has 0 bridgehead atoms. The second kappa shape index (κ2) is 8.48. The average Bonchev–Trinajstić information content (AvgIpc) is 3.01. The van der Waals surface area contributed by atoms with Gasteiger partial charge in [-0.25, -0.2) is 14.4 Å². The first kappa shape index (κ1) is 19.9. The van der Waals surface area contributed by atoms with Crippen molar-refractivity contribution in [2.75, 3.05) is 18.4 Å². The molecule has 3 aromatic rings. The topological polar surface area (TPSA) is 58.1 Å². The van der Waals surface area contributed by atoms with Crippen molar-refractivity contribution in [3.63, 3.8) is 0 Å². The van der Waals surface area contributed by atoms with E-state index in [4.69, 9.17) is 0 Å². The number of aromatic nitrogens is 2. The Labute approximate surface area is 167 Å². The minimum Gasteiger partial charge on any atom is -0.365 e. The summed E-state index contributed by atoms with van der Waals surface area (Å²) >= 11 is 1.37. The Hall–Kier alpha value is -2.80. The predicted octanol–water partition coefficient (Wildman–Crippen LogP) is 4.79. The molecule has 3 rings (SSSR count). The van der Waals surface area contributed by atoms with Crippen molar-refractivity contribution in [2.24, 2.45) is 0 Å². The average molecular weight is 399 g/mol. The summed E-state index contributed by atoms with van der Waals surface area (Å²) in [7, 11) is 0. The maximum Gasteiger partial charge on any atom is 0.264 e. The fourth-order valence-corrected chi connectivity index (χ4v) is 4.16. The number of anilines is 1. The molecule has 7 heteroatoms. The largest absolute Gasteiger partial charge is 0.365 e. The van der Waals surface area contributed by atoms with E-state index in [9.17, 15) is 9.18 Å². The highest BCUT2D eigenvalue weighted by atomic mass is 32.1. The number of benzene rings is 1. The van der Waals surface area contributed by atoms with Crippen LogP contribution in [0.2, 0.25) is 0 Å². The highest BCUT2D eigenvalue weighted by molar-refractivity contribution is 7.20. The molecule has 1 amide bonds. The van der Waals surface area contributed by atoms with Gasteiger partial charge < -0.3 is 10.2 Å². The molecular formula is C21H23FN4OS. The van der Waals surface area contributed by atoms with Crippen LogP contribution in [-0.2, 0) is 6.54 Å². The fraction of sp³-hybridized carbons (Fsp3) is 0.286. The normalized spacial score (nSPS) is 10.9. The number of halogens is 1. The van der Waals surface area contributed by atoms with E-state index in [1.54, 1.807) is 11.0 Å². The lowest BCUT2D eigenvalue weighted by Gasteiger charge is -2.20. The first-order valence-electron chi connectivity index (χ1n) is 9.06. The summed E-state index contributed by atoms with van der Waals surface area (Å²) in [5, 5.41) is 4.08. The maximum atomic E-state index is 13.4. The van der Waals surface area contributed by atoms with Gasteiger partial charge in [0.25, 0.3) is 5.91 Å². The van der Waals surface area contributed by atoms with E-state index in [0.717, 1.165) is 26.9 Å². The van der Waals surface area contributed by atoms with E-state index in [1.165, 1.54) is 29.8 Å². The number of nitrogens with one attached hydrogen (secondary N) is 1. The van der Waals surface area contributed by atoms with E-state index in [-0.39, 0.29) is 11.7 Å². The zero-order chi connectivity index (χ0) is 20.3. The zero-order valence-corrected chi connectivity index (χ0v) is 17.1. The summed E-state index contributed by atoms with van der Waals surface area (Å²) < 4.78 is 13.4. The van der Waals surface area contributed by atoms with Gasteiger partial charge in [0.1, 0.15) is 22.8 Å². The van der Waals surface area contributed by atoms with Gasteiger partial charge in [-0.3, -0.25) is 4.79 Å². The van der Waals surface area contributed by atoms with E-state index in [0.29, 0.717) is 30.3 Å². The monoisotopic (exact) mass is 398 g/mol. The molecule has 146 valence electrons. The number of likely N-dealkylation sites (N-methyl/N-ethyl adjacent to an activating group) is 1. The van der Waals surface area contributed by atoms with E-state index >= 15 is 0 Å². The van der Waals surface area contributed by atoms with Crippen molar-refractivity contribution in [1.29, 1.82) is 0 Å². The summed E-state index contributed by atoms with van der Waals surface area (Å²) in [5.41, 5.74) is 2.60. The van der Waals surface area contributed by atoms with Crippen LogP contribution in [0.15, 0.2) is 42.7 Å². The number of nitrogens with zero attached hydrogens (tertiary/aromatic N) is 3. The van der Waals surface area contributed by atoms with Crippen LogP contribution < -0.4 is 5.32 Å². The molecule has 0 radical (unpaired) electrons. The Morgan fingerprint density at radius 1 is 1.36 bits per heavy atom. The van der Waals surface area contributed by atoms with Crippen molar-refractivity contribution in [2.45, 2.75) is 27.3 Å². The fourth-order valence-electron chi connectivity index (χ4n) is 3.04. The van der Waals surface area contributed by atoms with Gasteiger partial charge in [-0.1, -0.05) is 24.3 Å². The Morgan fingerprint density at radius 3 is 2.82 bits per heavy atom. The van der Waals surface area contributed by atoms with Gasteiger partial charge in [0.05, 0.1) is 10.3 Å². The number of thiophene rings is 1. The van der Waals surface area contributed by atoms with Crippen LogP contribution in [-0.4, -0.2) is 33.9 Å². The van der Waals surface area contributed by atoms with Crippen LogP contribution in [0.4, 0.5) is 10.2 Å². The lowest BCUT2D eigenvalue weighted by Crippen LogP contribution is -2.31. The predicted molar refractivity (Wildman–Crippen MR) is 112 cm³/mol. The van der Waals surface area contributed by atoms with Crippen molar-refractivity contribution in [3.8, 4) is 0 Å². The van der Waals surface area contributed by atoms with Crippen LogP contribution in [0.25, 0.3) is 10.2 Å². The molecule has 1 N–H and O–H groups in total. The molecule has 0 spiro atoms. The van der Waals surface area contributed by atoms with Gasteiger partial charge >= 0.3 is 0 Å². The summed E-state index contributed by atoms with van der Waals surface area (Å²) in [4.78, 5) is 24.9. The first-order valence-corrected chi connectivity index (χ1v) is 9.88. The molecule has 0 aliphatic heterocycles. The number of aryl methyl sites for hydroxylation is 1. The molecule has 0 aliphatic carbocycles. The second-order valence-electron chi connectivity index (χ2n) is 6.72. The maximum absolute atomic E-state index is 13.4. The third-order valence-corrected chi connectivity index (χ3v) is 5.59. The molecule has 28 heavy (non-hydrogen) atoms. The first-order chi connectivity index (χ1) is 13.4.